The van der Waals surface area contributed by atoms with Crippen LogP contribution in [0.1, 0.15) is 24.4 Å². The number of fused-ring (bicyclic) bond motifs is 1. The third kappa shape index (κ3) is 2.32. The molecule has 0 aliphatic heterocycles. The quantitative estimate of drug-likeness (QED) is 0.786. The summed E-state index contributed by atoms with van der Waals surface area (Å²) in [4.78, 5) is 4.69. The number of benzene rings is 2. The van der Waals surface area contributed by atoms with Gasteiger partial charge in [-0.05, 0) is 17.7 Å². The summed E-state index contributed by atoms with van der Waals surface area (Å²) in [7, 11) is 0. The fourth-order valence-electron chi connectivity index (χ4n) is 2.60. The van der Waals surface area contributed by atoms with Crippen LogP contribution in [-0.2, 0) is 13.0 Å². The Morgan fingerprint density at radius 2 is 1.75 bits per heavy atom. The topological polar surface area (TPSA) is 43.8 Å². The Kier molecular flexibility index (Phi) is 3.52. The second-order valence-electron chi connectivity index (χ2n) is 5.00. The van der Waals surface area contributed by atoms with Crippen LogP contribution >= 0.6 is 0 Å². The standard InChI is InChI=1S/C17H19N3/c1-2-17-19-15-10-6-7-11-16(15)20(17)12-14(18)13-8-4-3-5-9-13/h3-11,14H,2,12,18H2,1H3. The predicted molar refractivity (Wildman–Crippen MR) is 82.5 cm³/mol. The Morgan fingerprint density at radius 1 is 1.05 bits per heavy atom. The van der Waals surface area contributed by atoms with E-state index < -0.39 is 0 Å². The number of hydrogen-bond acceptors (Lipinski definition) is 2. The van der Waals surface area contributed by atoms with Crippen LogP contribution in [0.5, 0.6) is 0 Å². The number of nitrogens with two attached hydrogens (primary N) is 1. The first-order chi connectivity index (χ1) is 9.79. The van der Waals surface area contributed by atoms with Gasteiger partial charge in [-0.15, -0.1) is 0 Å². The van der Waals surface area contributed by atoms with Crippen molar-refractivity contribution in [2.24, 2.45) is 5.73 Å². The highest BCUT2D eigenvalue weighted by atomic mass is 15.1. The van der Waals surface area contributed by atoms with Gasteiger partial charge in [-0.2, -0.15) is 0 Å². The first-order valence-corrected chi connectivity index (χ1v) is 7.04. The molecule has 1 aromatic heterocycles. The van der Waals surface area contributed by atoms with Crippen LogP contribution in [0, 0.1) is 0 Å². The van der Waals surface area contributed by atoms with E-state index in [1.807, 2.05) is 30.3 Å². The highest BCUT2D eigenvalue weighted by molar-refractivity contribution is 5.75. The summed E-state index contributed by atoms with van der Waals surface area (Å²) in [6.45, 7) is 2.89. The zero-order valence-corrected chi connectivity index (χ0v) is 11.7. The van der Waals surface area contributed by atoms with E-state index in [0.717, 1.165) is 35.4 Å². The van der Waals surface area contributed by atoms with Crippen molar-refractivity contribution in [3.63, 3.8) is 0 Å². The minimum atomic E-state index is -0.0147. The number of nitrogens with zero attached hydrogens (tertiary/aromatic N) is 2. The summed E-state index contributed by atoms with van der Waals surface area (Å²) in [5, 5.41) is 0. The SMILES string of the molecule is CCc1nc2ccccc2n1CC(N)c1ccccc1. The second kappa shape index (κ2) is 5.47. The molecule has 0 spiro atoms. The summed E-state index contributed by atoms with van der Waals surface area (Å²) in [5.74, 6) is 1.09. The normalized spacial score (nSPS) is 12.7. The van der Waals surface area contributed by atoms with E-state index in [-0.39, 0.29) is 6.04 Å². The average Bonchev–Trinajstić information content (AvgIpc) is 2.86. The maximum Gasteiger partial charge on any atom is 0.109 e. The van der Waals surface area contributed by atoms with Crippen molar-refractivity contribution in [3.8, 4) is 0 Å². The molecule has 0 saturated carbocycles. The zero-order valence-electron chi connectivity index (χ0n) is 11.7. The van der Waals surface area contributed by atoms with Gasteiger partial charge in [-0.1, -0.05) is 49.4 Å². The lowest BCUT2D eigenvalue weighted by atomic mass is 10.1. The second-order valence-corrected chi connectivity index (χ2v) is 5.00. The lowest BCUT2D eigenvalue weighted by Crippen LogP contribution is -2.18. The van der Waals surface area contributed by atoms with Crippen molar-refractivity contribution < 1.29 is 0 Å². The van der Waals surface area contributed by atoms with Crippen molar-refractivity contribution in [3.05, 3.63) is 66.0 Å². The Balaban J connectivity index is 1.98. The average molecular weight is 265 g/mol. The molecule has 20 heavy (non-hydrogen) atoms. The molecule has 3 nitrogen and oxygen atoms in total. The highest BCUT2D eigenvalue weighted by Gasteiger charge is 2.13. The largest absolute Gasteiger partial charge is 0.326 e. The fourth-order valence-corrected chi connectivity index (χ4v) is 2.60. The molecule has 1 unspecified atom stereocenters. The molecule has 0 amide bonds. The van der Waals surface area contributed by atoms with E-state index in [1.165, 1.54) is 0 Å². The molecule has 0 saturated heterocycles. The van der Waals surface area contributed by atoms with Gasteiger partial charge in [0.25, 0.3) is 0 Å². The Morgan fingerprint density at radius 3 is 2.50 bits per heavy atom. The molecule has 3 aromatic rings. The molecule has 1 atom stereocenters. The molecule has 102 valence electrons. The Labute approximate surface area is 119 Å². The summed E-state index contributed by atoms with van der Waals surface area (Å²) < 4.78 is 2.24. The third-order valence-corrected chi connectivity index (χ3v) is 3.66. The lowest BCUT2D eigenvalue weighted by Gasteiger charge is -2.15. The summed E-state index contributed by atoms with van der Waals surface area (Å²) in [5.41, 5.74) is 9.72. The molecule has 0 fully saturated rings. The third-order valence-electron chi connectivity index (χ3n) is 3.66. The molecule has 3 rings (SSSR count). The molecule has 0 bridgehead atoms. The molecule has 1 heterocycles. The fraction of sp³-hybridized carbons (Fsp3) is 0.235. The van der Waals surface area contributed by atoms with Gasteiger partial charge >= 0.3 is 0 Å². The summed E-state index contributed by atoms with van der Waals surface area (Å²) >= 11 is 0. The molecule has 2 N–H and O–H groups in total. The maximum absolute atomic E-state index is 6.35. The van der Waals surface area contributed by atoms with Gasteiger partial charge in [-0.3, -0.25) is 0 Å². The van der Waals surface area contributed by atoms with Crippen molar-refractivity contribution in [2.45, 2.75) is 25.9 Å². The van der Waals surface area contributed by atoms with Crippen LogP contribution in [-0.4, -0.2) is 9.55 Å². The molecule has 3 heteroatoms. The van der Waals surface area contributed by atoms with Crippen LogP contribution in [0.4, 0.5) is 0 Å². The van der Waals surface area contributed by atoms with Crippen LogP contribution in [0.2, 0.25) is 0 Å². The van der Waals surface area contributed by atoms with Gasteiger partial charge in [-0.25, -0.2) is 4.98 Å². The molecule has 0 aliphatic carbocycles. The van der Waals surface area contributed by atoms with E-state index in [0.29, 0.717) is 0 Å². The van der Waals surface area contributed by atoms with Gasteiger partial charge in [0, 0.05) is 19.0 Å². The zero-order chi connectivity index (χ0) is 13.9. The van der Waals surface area contributed by atoms with Crippen LogP contribution in [0.15, 0.2) is 54.6 Å². The highest BCUT2D eigenvalue weighted by Crippen LogP contribution is 2.20. The summed E-state index contributed by atoms with van der Waals surface area (Å²) in [6.07, 6.45) is 0.913. The number of para-hydroxylation sites is 2. The van der Waals surface area contributed by atoms with Gasteiger partial charge in [0.1, 0.15) is 5.82 Å². The van der Waals surface area contributed by atoms with Gasteiger partial charge < -0.3 is 10.3 Å². The van der Waals surface area contributed by atoms with E-state index in [4.69, 9.17) is 5.73 Å². The lowest BCUT2D eigenvalue weighted by molar-refractivity contribution is 0.569. The Hall–Kier alpha value is -2.13. The van der Waals surface area contributed by atoms with Crippen molar-refractivity contribution in [1.82, 2.24) is 9.55 Å². The summed E-state index contributed by atoms with van der Waals surface area (Å²) in [6, 6.07) is 18.5. The molecule has 2 aromatic carbocycles. The van der Waals surface area contributed by atoms with Gasteiger partial charge in [0.05, 0.1) is 11.0 Å². The smallest absolute Gasteiger partial charge is 0.109 e. The minimum absolute atomic E-state index is 0.0147. The molecule has 0 radical (unpaired) electrons. The maximum atomic E-state index is 6.35. The van der Waals surface area contributed by atoms with Gasteiger partial charge in [0.15, 0.2) is 0 Å². The minimum Gasteiger partial charge on any atom is -0.326 e. The van der Waals surface area contributed by atoms with E-state index in [2.05, 4.69) is 40.7 Å². The Bertz CT molecular complexity index is 701. The van der Waals surface area contributed by atoms with Crippen molar-refractivity contribution in [2.75, 3.05) is 0 Å². The number of aromatic nitrogens is 2. The van der Waals surface area contributed by atoms with Crippen LogP contribution < -0.4 is 5.73 Å². The van der Waals surface area contributed by atoms with Crippen molar-refractivity contribution >= 4 is 11.0 Å². The van der Waals surface area contributed by atoms with Gasteiger partial charge in [0.2, 0.25) is 0 Å². The number of imidazole rings is 1. The number of hydrogen-bond donors (Lipinski definition) is 1. The van der Waals surface area contributed by atoms with E-state index in [9.17, 15) is 0 Å². The molecular weight excluding hydrogens is 246 g/mol. The number of rotatable bonds is 4. The van der Waals surface area contributed by atoms with Crippen molar-refractivity contribution in [1.29, 1.82) is 0 Å². The van der Waals surface area contributed by atoms with Crippen LogP contribution in [0.3, 0.4) is 0 Å². The first-order valence-electron chi connectivity index (χ1n) is 7.04. The van der Waals surface area contributed by atoms with E-state index >= 15 is 0 Å². The van der Waals surface area contributed by atoms with Crippen LogP contribution in [0.25, 0.3) is 11.0 Å². The first kappa shape index (κ1) is 12.9. The number of aryl methyl sites for hydroxylation is 1. The monoisotopic (exact) mass is 265 g/mol. The molecular formula is C17H19N3. The predicted octanol–water partition coefficient (Wildman–Crippen LogP) is 3.30. The van der Waals surface area contributed by atoms with E-state index in [1.54, 1.807) is 0 Å². The molecule has 0 aliphatic rings.